The molecule has 4 rings (SSSR count). The van der Waals surface area contributed by atoms with Crippen molar-refractivity contribution in [3.05, 3.63) is 12.7 Å². The lowest BCUT2D eigenvalue weighted by molar-refractivity contribution is -0.150. The monoisotopic (exact) mass is 290 g/mol. The first-order valence-corrected chi connectivity index (χ1v) is 8.97. The summed E-state index contributed by atoms with van der Waals surface area (Å²) in [5.41, 5.74) is 4.94. The van der Waals surface area contributed by atoms with Gasteiger partial charge in [0.05, 0.1) is 0 Å². The molecule has 2 nitrogen and oxygen atoms in total. The van der Waals surface area contributed by atoms with Crippen molar-refractivity contribution in [2.24, 2.45) is 28.0 Å². The van der Waals surface area contributed by atoms with Gasteiger partial charge >= 0.3 is 0 Å². The SMILES string of the molecule is C=CCCCC(CC12CC3CC(C)(CC(C)(C3)C1)C2)NN. The number of allylic oxidation sites excluding steroid dienone is 1. The zero-order chi connectivity index (χ0) is 15.1. The molecule has 0 aromatic rings. The van der Waals surface area contributed by atoms with Gasteiger partial charge < -0.3 is 0 Å². The lowest BCUT2D eigenvalue weighted by atomic mass is 9.39. The second kappa shape index (κ2) is 5.38. The molecule has 0 aromatic heterocycles. The van der Waals surface area contributed by atoms with Gasteiger partial charge in [-0.2, -0.15) is 0 Å². The van der Waals surface area contributed by atoms with Gasteiger partial charge in [0.15, 0.2) is 0 Å². The molecular weight excluding hydrogens is 256 g/mol. The molecule has 0 aliphatic heterocycles. The van der Waals surface area contributed by atoms with Crippen molar-refractivity contribution in [1.29, 1.82) is 0 Å². The van der Waals surface area contributed by atoms with Crippen molar-refractivity contribution in [2.75, 3.05) is 0 Å². The molecule has 0 saturated heterocycles. The Bertz CT molecular complexity index is 384. The van der Waals surface area contributed by atoms with Crippen LogP contribution in [0.3, 0.4) is 0 Å². The van der Waals surface area contributed by atoms with Crippen LogP contribution in [0.25, 0.3) is 0 Å². The van der Waals surface area contributed by atoms with Gasteiger partial charge in [-0.3, -0.25) is 11.3 Å². The lowest BCUT2D eigenvalue weighted by Gasteiger charge is -2.66. The van der Waals surface area contributed by atoms with E-state index in [1.54, 1.807) is 0 Å². The van der Waals surface area contributed by atoms with E-state index in [0.29, 0.717) is 22.3 Å². The van der Waals surface area contributed by atoms with Gasteiger partial charge in [-0.15, -0.1) is 6.58 Å². The summed E-state index contributed by atoms with van der Waals surface area (Å²) in [6, 6.07) is 0.494. The van der Waals surface area contributed by atoms with Crippen molar-refractivity contribution >= 4 is 0 Å². The summed E-state index contributed by atoms with van der Waals surface area (Å²) in [7, 11) is 0. The molecular formula is C19H34N2. The molecule has 0 heterocycles. The number of rotatable bonds is 7. The van der Waals surface area contributed by atoms with Crippen LogP contribution < -0.4 is 11.3 Å². The molecule has 3 N–H and O–H groups in total. The molecule has 0 aromatic carbocycles. The van der Waals surface area contributed by atoms with Crippen molar-refractivity contribution in [3.8, 4) is 0 Å². The number of nitrogens with two attached hydrogens (primary N) is 1. The summed E-state index contributed by atoms with van der Waals surface area (Å²) in [6.07, 6.45) is 15.7. The fourth-order valence-electron chi connectivity index (χ4n) is 7.19. The van der Waals surface area contributed by atoms with Gasteiger partial charge in [-0.25, -0.2) is 0 Å². The van der Waals surface area contributed by atoms with Crippen molar-refractivity contribution < 1.29 is 0 Å². The van der Waals surface area contributed by atoms with Crippen molar-refractivity contribution in [1.82, 2.24) is 5.43 Å². The van der Waals surface area contributed by atoms with Gasteiger partial charge in [0.25, 0.3) is 0 Å². The van der Waals surface area contributed by atoms with Crippen LogP contribution in [0.2, 0.25) is 0 Å². The predicted molar refractivity (Wildman–Crippen MR) is 89.6 cm³/mol. The summed E-state index contributed by atoms with van der Waals surface area (Å²) in [6.45, 7) is 8.96. The molecule has 120 valence electrons. The number of hydrogen-bond donors (Lipinski definition) is 2. The van der Waals surface area contributed by atoms with Crippen molar-refractivity contribution in [3.63, 3.8) is 0 Å². The third-order valence-electron chi connectivity index (χ3n) is 6.62. The zero-order valence-corrected chi connectivity index (χ0v) is 14.1. The Morgan fingerprint density at radius 2 is 1.86 bits per heavy atom. The number of hydrazine groups is 1. The molecule has 4 aliphatic carbocycles. The first-order valence-electron chi connectivity index (χ1n) is 8.97. The van der Waals surface area contributed by atoms with E-state index in [9.17, 15) is 0 Å². The Hall–Kier alpha value is -0.340. The van der Waals surface area contributed by atoms with Crippen LogP contribution in [-0.2, 0) is 0 Å². The van der Waals surface area contributed by atoms with E-state index in [-0.39, 0.29) is 0 Å². The Morgan fingerprint density at radius 3 is 2.38 bits per heavy atom. The first kappa shape index (κ1) is 15.6. The maximum atomic E-state index is 5.87. The van der Waals surface area contributed by atoms with Crippen LogP contribution in [0.4, 0.5) is 0 Å². The Balaban J connectivity index is 1.70. The molecule has 3 unspecified atom stereocenters. The van der Waals surface area contributed by atoms with E-state index in [4.69, 9.17) is 5.84 Å². The Labute approximate surface area is 130 Å². The van der Waals surface area contributed by atoms with Crippen LogP contribution in [0, 0.1) is 22.2 Å². The smallest absolute Gasteiger partial charge is 0.0215 e. The molecule has 4 aliphatic rings. The van der Waals surface area contributed by atoms with E-state index in [1.165, 1.54) is 57.8 Å². The van der Waals surface area contributed by atoms with Crippen LogP contribution in [0.1, 0.15) is 78.1 Å². The van der Waals surface area contributed by atoms with E-state index in [0.717, 1.165) is 12.3 Å². The second-order valence-corrected chi connectivity index (χ2v) is 9.42. The average molecular weight is 290 g/mol. The third-order valence-corrected chi connectivity index (χ3v) is 6.62. The molecule has 4 saturated carbocycles. The van der Waals surface area contributed by atoms with Crippen LogP contribution in [0.5, 0.6) is 0 Å². The average Bonchev–Trinajstić information content (AvgIpc) is 2.33. The topological polar surface area (TPSA) is 38.0 Å². The van der Waals surface area contributed by atoms with Gasteiger partial charge in [0.1, 0.15) is 0 Å². The molecule has 2 heteroatoms. The maximum absolute atomic E-state index is 5.87. The van der Waals surface area contributed by atoms with Gasteiger partial charge in [-0.05, 0) is 86.4 Å². The summed E-state index contributed by atoms with van der Waals surface area (Å²) < 4.78 is 0. The second-order valence-electron chi connectivity index (χ2n) is 9.42. The predicted octanol–water partition coefficient (Wildman–Crippen LogP) is 4.56. The fraction of sp³-hybridized carbons (Fsp3) is 0.895. The summed E-state index contributed by atoms with van der Waals surface area (Å²) in [5, 5.41) is 0. The minimum atomic E-state index is 0.494. The number of hydrogen-bond acceptors (Lipinski definition) is 2. The van der Waals surface area contributed by atoms with E-state index < -0.39 is 0 Å². The highest BCUT2D eigenvalue weighted by Gasteiger charge is 2.59. The highest BCUT2D eigenvalue weighted by molar-refractivity contribution is 5.10. The Morgan fingerprint density at radius 1 is 1.19 bits per heavy atom. The molecule has 0 amide bonds. The van der Waals surface area contributed by atoms with Crippen LogP contribution >= 0.6 is 0 Å². The molecule has 4 bridgehead atoms. The van der Waals surface area contributed by atoms with E-state index in [1.807, 2.05) is 6.08 Å². The third kappa shape index (κ3) is 3.07. The maximum Gasteiger partial charge on any atom is 0.0215 e. The number of unbranched alkanes of at least 4 members (excludes halogenated alkanes) is 1. The summed E-state index contributed by atoms with van der Waals surface area (Å²) >= 11 is 0. The molecule has 0 spiro atoms. The highest BCUT2D eigenvalue weighted by Crippen LogP contribution is 2.70. The number of nitrogens with one attached hydrogen (secondary N) is 1. The lowest BCUT2D eigenvalue weighted by Crippen LogP contribution is -2.56. The zero-order valence-electron chi connectivity index (χ0n) is 14.1. The minimum absolute atomic E-state index is 0.494. The van der Waals surface area contributed by atoms with E-state index >= 15 is 0 Å². The highest BCUT2D eigenvalue weighted by atomic mass is 15.2. The van der Waals surface area contributed by atoms with Gasteiger partial charge in [0, 0.05) is 6.04 Å². The van der Waals surface area contributed by atoms with Crippen LogP contribution in [0.15, 0.2) is 12.7 Å². The van der Waals surface area contributed by atoms with E-state index in [2.05, 4.69) is 25.9 Å². The summed E-state index contributed by atoms with van der Waals surface area (Å²) in [5.74, 6) is 6.86. The molecule has 0 radical (unpaired) electrons. The quantitative estimate of drug-likeness (QED) is 0.312. The summed E-state index contributed by atoms with van der Waals surface area (Å²) in [4.78, 5) is 0. The standard InChI is InChI=1S/C19H34N2/c1-4-5-6-7-16(21-20)11-19-10-15-8-17(2,13-19)12-18(3,9-15)14-19/h4,15-16,21H,1,5-14,20H2,2-3H3. The van der Waals surface area contributed by atoms with Gasteiger partial charge in [-0.1, -0.05) is 19.9 Å². The molecule has 4 fully saturated rings. The first-order chi connectivity index (χ1) is 9.90. The molecule has 3 atom stereocenters. The molecule has 21 heavy (non-hydrogen) atoms. The minimum Gasteiger partial charge on any atom is -0.271 e. The van der Waals surface area contributed by atoms with Crippen LogP contribution in [-0.4, -0.2) is 6.04 Å². The fourth-order valence-corrected chi connectivity index (χ4v) is 7.19. The Kier molecular flexibility index (Phi) is 3.99. The van der Waals surface area contributed by atoms with Gasteiger partial charge in [0.2, 0.25) is 0 Å². The van der Waals surface area contributed by atoms with Crippen molar-refractivity contribution in [2.45, 2.75) is 84.1 Å². The normalized spacial score (nSPS) is 45.8. The largest absolute Gasteiger partial charge is 0.271 e.